The molecular formula is C20H20N2O7. The van der Waals surface area contributed by atoms with E-state index in [1.165, 1.54) is 32.4 Å². The number of hydrogen-bond donors (Lipinski definition) is 2. The maximum absolute atomic E-state index is 12.2. The summed E-state index contributed by atoms with van der Waals surface area (Å²) < 4.78 is 14.3. The van der Waals surface area contributed by atoms with Gasteiger partial charge in [-0.25, -0.2) is 9.59 Å². The average molecular weight is 400 g/mol. The lowest BCUT2D eigenvalue weighted by molar-refractivity contribution is -0.136. The third-order valence-electron chi connectivity index (χ3n) is 3.91. The summed E-state index contributed by atoms with van der Waals surface area (Å²) in [5, 5.41) is 4.79. The summed E-state index contributed by atoms with van der Waals surface area (Å²) in [5.74, 6) is -2.67. The first-order valence-electron chi connectivity index (χ1n) is 8.42. The summed E-state index contributed by atoms with van der Waals surface area (Å²) in [5.41, 5.74) is 0.782. The smallest absolute Gasteiger partial charge is 0.339 e. The molecule has 29 heavy (non-hydrogen) atoms. The molecule has 0 heterocycles. The van der Waals surface area contributed by atoms with Crippen LogP contribution in [0, 0.1) is 0 Å². The highest BCUT2D eigenvalue weighted by Crippen LogP contribution is 2.20. The Morgan fingerprint density at radius 3 is 2.07 bits per heavy atom. The molecule has 2 amide bonds. The number of ether oxygens (including phenoxy) is 3. The third-order valence-corrected chi connectivity index (χ3v) is 3.91. The van der Waals surface area contributed by atoms with E-state index in [-0.39, 0.29) is 23.4 Å². The van der Waals surface area contributed by atoms with Crippen LogP contribution in [0.25, 0.3) is 0 Å². The molecule has 2 aromatic rings. The first-order chi connectivity index (χ1) is 13.9. The molecule has 0 spiro atoms. The molecule has 0 saturated heterocycles. The van der Waals surface area contributed by atoms with Crippen LogP contribution < -0.4 is 15.4 Å². The van der Waals surface area contributed by atoms with Crippen LogP contribution >= 0.6 is 0 Å². The average Bonchev–Trinajstić information content (AvgIpc) is 2.76. The molecule has 0 aliphatic heterocycles. The minimum atomic E-state index is -1.01. The highest BCUT2D eigenvalue weighted by molar-refractivity contribution is 6.40. The lowest BCUT2D eigenvalue weighted by Crippen LogP contribution is -2.35. The van der Waals surface area contributed by atoms with Crippen molar-refractivity contribution in [1.82, 2.24) is 5.32 Å². The van der Waals surface area contributed by atoms with Crippen LogP contribution in [0.1, 0.15) is 26.3 Å². The fourth-order valence-electron chi connectivity index (χ4n) is 2.37. The van der Waals surface area contributed by atoms with Gasteiger partial charge < -0.3 is 24.8 Å². The minimum absolute atomic E-state index is 0.0172. The highest BCUT2D eigenvalue weighted by atomic mass is 16.5. The SMILES string of the molecule is COC(=O)c1ccc(C(=O)OC)c(NC(=O)C(=O)NCc2ccc(OC)cc2)c1. The van der Waals surface area contributed by atoms with Crippen molar-refractivity contribution in [2.75, 3.05) is 26.6 Å². The van der Waals surface area contributed by atoms with Gasteiger partial charge in [0.1, 0.15) is 5.75 Å². The van der Waals surface area contributed by atoms with E-state index in [1.807, 2.05) is 0 Å². The minimum Gasteiger partial charge on any atom is -0.497 e. The Balaban J connectivity index is 2.11. The normalized spacial score (nSPS) is 9.90. The van der Waals surface area contributed by atoms with Crippen LogP contribution in [-0.4, -0.2) is 45.1 Å². The predicted molar refractivity (Wildman–Crippen MR) is 103 cm³/mol. The van der Waals surface area contributed by atoms with Crippen molar-refractivity contribution in [1.29, 1.82) is 0 Å². The van der Waals surface area contributed by atoms with Crippen LogP contribution in [0.5, 0.6) is 5.75 Å². The Morgan fingerprint density at radius 1 is 0.828 bits per heavy atom. The van der Waals surface area contributed by atoms with Crippen LogP contribution in [0.4, 0.5) is 5.69 Å². The predicted octanol–water partition coefficient (Wildman–Crippen LogP) is 1.52. The van der Waals surface area contributed by atoms with Gasteiger partial charge in [-0.1, -0.05) is 12.1 Å². The maximum Gasteiger partial charge on any atom is 0.339 e. The van der Waals surface area contributed by atoms with Gasteiger partial charge in [-0.3, -0.25) is 9.59 Å². The highest BCUT2D eigenvalue weighted by Gasteiger charge is 2.20. The van der Waals surface area contributed by atoms with E-state index in [4.69, 9.17) is 4.74 Å². The van der Waals surface area contributed by atoms with Gasteiger partial charge in [0.25, 0.3) is 0 Å². The summed E-state index contributed by atoms with van der Waals surface area (Å²) >= 11 is 0. The Morgan fingerprint density at radius 2 is 1.48 bits per heavy atom. The maximum atomic E-state index is 12.2. The number of methoxy groups -OCH3 is 3. The molecule has 0 atom stereocenters. The van der Waals surface area contributed by atoms with Gasteiger partial charge >= 0.3 is 23.8 Å². The fourth-order valence-corrected chi connectivity index (χ4v) is 2.37. The van der Waals surface area contributed by atoms with E-state index in [9.17, 15) is 19.2 Å². The molecule has 0 saturated carbocycles. The number of carbonyl (C=O) groups is 4. The van der Waals surface area contributed by atoms with Crippen LogP contribution in [-0.2, 0) is 25.6 Å². The van der Waals surface area contributed by atoms with E-state index in [2.05, 4.69) is 20.1 Å². The van der Waals surface area contributed by atoms with E-state index in [0.717, 1.165) is 5.56 Å². The van der Waals surface area contributed by atoms with Crippen molar-refractivity contribution in [3.8, 4) is 5.75 Å². The number of anilines is 1. The van der Waals surface area contributed by atoms with Gasteiger partial charge in [0.2, 0.25) is 0 Å². The second kappa shape index (κ2) is 9.88. The second-order valence-electron chi connectivity index (χ2n) is 5.73. The molecule has 2 aromatic carbocycles. The first kappa shape index (κ1) is 21.4. The lowest BCUT2D eigenvalue weighted by atomic mass is 10.1. The van der Waals surface area contributed by atoms with Crippen molar-refractivity contribution in [2.24, 2.45) is 0 Å². The van der Waals surface area contributed by atoms with E-state index in [1.54, 1.807) is 31.4 Å². The van der Waals surface area contributed by atoms with Crippen molar-refractivity contribution in [3.63, 3.8) is 0 Å². The van der Waals surface area contributed by atoms with E-state index >= 15 is 0 Å². The zero-order valence-corrected chi connectivity index (χ0v) is 16.1. The number of rotatable bonds is 6. The fraction of sp³-hybridized carbons (Fsp3) is 0.200. The number of nitrogens with one attached hydrogen (secondary N) is 2. The standard InChI is InChI=1S/C20H20N2O7/c1-27-14-7-4-12(5-8-14)11-21-17(23)18(24)22-16-10-13(19(25)28-2)6-9-15(16)20(26)29-3/h4-10H,11H2,1-3H3,(H,21,23)(H,22,24). The molecule has 2 rings (SSSR count). The second-order valence-corrected chi connectivity index (χ2v) is 5.73. The topological polar surface area (TPSA) is 120 Å². The van der Waals surface area contributed by atoms with E-state index in [0.29, 0.717) is 5.75 Å². The van der Waals surface area contributed by atoms with Crippen LogP contribution in [0.3, 0.4) is 0 Å². The number of amides is 2. The van der Waals surface area contributed by atoms with Crippen molar-refractivity contribution < 1.29 is 33.4 Å². The Labute approximate surface area is 166 Å². The largest absolute Gasteiger partial charge is 0.497 e. The summed E-state index contributed by atoms with van der Waals surface area (Å²) in [7, 11) is 3.91. The summed E-state index contributed by atoms with van der Waals surface area (Å²) in [6.45, 7) is 0.113. The van der Waals surface area contributed by atoms with Gasteiger partial charge in [-0.15, -0.1) is 0 Å². The molecule has 0 bridgehead atoms. The lowest BCUT2D eigenvalue weighted by Gasteiger charge is -2.11. The molecule has 0 aliphatic rings. The third kappa shape index (κ3) is 5.55. The number of esters is 2. The molecule has 0 radical (unpaired) electrons. The molecule has 0 fully saturated rings. The molecule has 2 N–H and O–H groups in total. The molecule has 152 valence electrons. The van der Waals surface area contributed by atoms with Gasteiger partial charge in [-0.2, -0.15) is 0 Å². The number of benzene rings is 2. The van der Waals surface area contributed by atoms with Crippen LogP contribution in [0.2, 0.25) is 0 Å². The van der Waals surface area contributed by atoms with Crippen molar-refractivity contribution in [2.45, 2.75) is 6.54 Å². The summed E-state index contributed by atoms with van der Waals surface area (Å²) in [4.78, 5) is 48.0. The van der Waals surface area contributed by atoms with Gasteiger partial charge in [0, 0.05) is 6.54 Å². The molecule has 9 nitrogen and oxygen atoms in total. The van der Waals surface area contributed by atoms with E-state index < -0.39 is 23.8 Å². The molecular weight excluding hydrogens is 380 g/mol. The molecule has 0 aromatic heterocycles. The van der Waals surface area contributed by atoms with Crippen molar-refractivity contribution in [3.05, 3.63) is 59.2 Å². The molecule has 0 unspecified atom stereocenters. The zero-order valence-electron chi connectivity index (χ0n) is 16.1. The molecule has 9 heteroatoms. The number of hydrogen-bond acceptors (Lipinski definition) is 7. The quantitative estimate of drug-likeness (QED) is 0.557. The number of carbonyl (C=O) groups excluding carboxylic acids is 4. The summed E-state index contributed by atoms with van der Waals surface area (Å²) in [6.07, 6.45) is 0. The van der Waals surface area contributed by atoms with Crippen LogP contribution in [0.15, 0.2) is 42.5 Å². The zero-order chi connectivity index (χ0) is 21.4. The first-order valence-corrected chi connectivity index (χ1v) is 8.42. The van der Waals surface area contributed by atoms with Gasteiger partial charge in [0.05, 0.1) is 38.1 Å². The summed E-state index contributed by atoms with van der Waals surface area (Å²) in [6, 6.07) is 10.8. The van der Waals surface area contributed by atoms with Gasteiger partial charge in [0.15, 0.2) is 0 Å². The Kier molecular flexibility index (Phi) is 7.30. The molecule has 0 aliphatic carbocycles. The monoisotopic (exact) mass is 400 g/mol. The van der Waals surface area contributed by atoms with Crippen molar-refractivity contribution >= 4 is 29.4 Å². The van der Waals surface area contributed by atoms with Gasteiger partial charge in [-0.05, 0) is 35.9 Å². The Bertz CT molecular complexity index is 923. The Hall–Kier alpha value is -3.88.